The van der Waals surface area contributed by atoms with Crippen LogP contribution < -0.4 is 11.1 Å². The van der Waals surface area contributed by atoms with Crippen LogP contribution in [0.3, 0.4) is 0 Å². The van der Waals surface area contributed by atoms with Crippen LogP contribution in [0.5, 0.6) is 0 Å². The van der Waals surface area contributed by atoms with Gasteiger partial charge in [-0.05, 0) is 30.9 Å². The van der Waals surface area contributed by atoms with Crippen molar-refractivity contribution in [2.75, 3.05) is 19.6 Å². The molecule has 1 heterocycles. The number of guanidine groups is 1. The Bertz CT molecular complexity index is 534. The molecule has 1 aliphatic rings. The lowest BCUT2D eigenvalue weighted by atomic mass is 10.1. The number of aliphatic imine (C=N–C) groups is 1. The lowest BCUT2D eigenvalue weighted by Crippen LogP contribution is -2.44. The highest BCUT2D eigenvalue weighted by Crippen LogP contribution is 2.17. The predicted molar refractivity (Wildman–Crippen MR) is 99.9 cm³/mol. The van der Waals surface area contributed by atoms with Crippen molar-refractivity contribution in [3.8, 4) is 0 Å². The summed E-state index contributed by atoms with van der Waals surface area (Å²) in [5.41, 5.74) is 8.51. The molecule has 2 atom stereocenters. The van der Waals surface area contributed by atoms with Gasteiger partial charge in [0.1, 0.15) is 0 Å². The van der Waals surface area contributed by atoms with Crippen molar-refractivity contribution in [2.24, 2.45) is 16.6 Å². The first-order chi connectivity index (χ1) is 11.4. The third-order valence-corrected chi connectivity index (χ3v) is 4.12. The molecule has 0 saturated carbocycles. The lowest BCUT2D eigenvalue weighted by molar-refractivity contribution is -0.0705. The number of benzene rings is 1. The van der Waals surface area contributed by atoms with Crippen molar-refractivity contribution in [2.45, 2.75) is 53.0 Å². The third kappa shape index (κ3) is 6.13. The number of morpholine rings is 1. The zero-order chi connectivity index (χ0) is 17.5. The van der Waals surface area contributed by atoms with E-state index in [0.29, 0.717) is 18.4 Å². The molecule has 1 aliphatic heterocycles. The molecule has 0 radical (unpaired) electrons. The summed E-state index contributed by atoms with van der Waals surface area (Å²) < 4.78 is 5.82. The number of ether oxygens (including phenoxy) is 1. The summed E-state index contributed by atoms with van der Waals surface area (Å²) in [6.07, 6.45) is 0.574. The monoisotopic (exact) mass is 332 g/mol. The van der Waals surface area contributed by atoms with Gasteiger partial charge in [-0.25, -0.2) is 4.99 Å². The second-order valence-corrected chi connectivity index (χ2v) is 7.20. The minimum absolute atomic E-state index is 0.287. The molecule has 0 amide bonds. The average molecular weight is 332 g/mol. The predicted octanol–water partition coefficient (Wildman–Crippen LogP) is 2.36. The smallest absolute Gasteiger partial charge is 0.188 e. The number of hydrogen-bond donors (Lipinski definition) is 2. The number of nitrogens with zero attached hydrogens (tertiary/aromatic N) is 2. The summed E-state index contributed by atoms with van der Waals surface area (Å²) in [6, 6.07) is 8.49. The fraction of sp³-hybridized carbons (Fsp3) is 0.632. The van der Waals surface area contributed by atoms with E-state index in [0.717, 1.165) is 26.2 Å². The summed E-state index contributed by atoms with van der Waals surface area (Å²) in [5.74, 6) is 1.07. The molecule has 0 aromatic heterocycles. The summed E-state index contributed by atoms with van der Waals surface area (Å²) in [5, 5.41) is 3.17. The van der Waals surface area contributed by atoms with Crippen LogP contribution >= 0.6 is 0 Å². The average Bonchev–Trinajstić information content (AvgIpc) is 2.51. The van der Waals surface area contributed by atoms with E-state index in [1.54, 1.807) is 0 Å². The van der Waals surface area contributed by atoms with Crippen molar-refractivity contribution in [3.63, 3.8) is 0 Å². The lowest BCUT2D eigenvalue weighted by Gasteiger charge is -2.35. The second-order valence-electron chi connectivity index (χ2n) is 7.20. The van der Waals surface area contributed by atoms with Crippen molar-refractivity contribution in [1.29, 1.82) is 0 Å². The topological polar surface area (TPSA) is 62.9 Å². The van der Waals surface area contributed by atoms with Gasteiger partial charge >= 0.3 is 0 Å². The van der Waals surface area contributed by atoms with Crippen molar-refractivity contribution in [3.05, 3.63) is 35.4 Å². The largest absolute Gasteiger partial charge is 0.373 e. The zero-order valence-corrected chi connectivity index (χ0v) is 15.5. The van der Waals surface area contributed by atoms with Gasteiger partial charge in [-0.2, -0.15) is 0 Å². The van der Waals surface area contributed by atoms with E-state index >= 15 is 0 Å². The van der Waals surface area contributed by atoms with Crippen LogP contribution in [-0.4, -0.2) is 42.7 Å². The van der Waals surface area contributed by atoms with Gasteiger partial charge in [0.15, 0.2) is 5.96 Å². The standard InChI is InChI=1S/C19H32N4O/c1-14(2)9-21-19(20)22-10-17-7-5-6-8-18(17)13-23-11-15(3)24-16(4)12-23/h5-8,14-16H,9-13H2,1-4H3,(H3,20,21,22). The van der Waals surface area contributed by atoms with Crippen LogP contribution in [0.15, 0.2) is 29.3 Å². The van der Waals surface area contributed by atoms with E-state index in [1.807, 2.05) is 0 Å². The van der Waals surface area contributed by atoms with E-state index in [-0.39, 0.29) is 12.2 Å². The van der Waals surface area contributed by atoms with Crippen molar-refractivity contribution >= 4 is 5.96 Å². The quantitative estimate of drug-likeness (QED) is 0.620. The number of nitrogens with two attached hydrogens (primary N) is 1. The van der Waals surface area contributed by atoms with E-state index in [4.69, 9.17) is 10.5 Å². The molecule has 3 N–H and O–H groups in total. The van der Waals surface area contributed by atoms with Crippen LogP contribution in [-0.2, 0) is 17.8 Å². The first-order valence-electron chi connectivity index (χ1n) is 8.92. The van der Waals surface area contributed by atoms with Gasteiger partial charge in [0, 0.05) is 26.2 Å². The van der Waals surface area contributed by atoms with E-state index < -0.39 is 0 Å². The van der Waals surface area contributed by atoms with Crippen LogP contribution in [0.4, 0.5) is 0 Å². The number of hydrogen-bond acceptors (Lipinski definition) is 3. The van der Waals surface area contributed by atoms with E-state index in [2.05, 4.69) is 67.2 Å². The normalized spacial score (nSPS) is 22.8. The van der Waals surface area contributed by atoms with Gasteiger partial charge in [-0.15, -0.1) is 0 Å². The third-order valence-electron chi connectivity index (χ3n) is 4.12. The Hall–Kier alpha value is -1.59. The molecule has 1 saturated heterocycles. The molecule has 0 spiro atoms. The molecule has 1 aromatic rings. The Labute approximate surface area is 146 Å². The minimum Gasteiger partial charge on any atom is -0.373 e. The van der Waals surface area contributed by atoms with Crippen molar-refractivity contribution in [1.82, 2.24) is 10.2 Å². The number of nitrogens with one attached hydrogen (secondary N) is 1. The highest BCUT2D eigenvalue weighted by Gasteiger charge is 2.22. The molecular formula is C19H32N4O. The molecular weight excluding hydrogens is 300 g/mol. The molecule has 1 fully saturated rings. The maximum atomic E-state index is 5.95. The van der Waals surface area contributed by atoms with Gasteiger partial charge < -0.3 is 15.8 Å². The molecule has 134 valence electrons. The number of rotatable bonds is 6. The molecule has 0 bridgehead atoms. The molecule has 0 aliphatic carbocycles. The molecule has 2 rings (SSSR count). The van der Waals surface area contributed by atoms with Crippen LogP contribution in [0, 0.1) is 5.92 Å². The molecule has 2 unspecified atom stereocenters. The van der Waals surface area contributed by atoms with E-state index in [1.165, 1.54) is 11.1 Å². The fourth-order valence-electron chi connectivity index (χ4n) is 3.06. The Kier molecular flexibility index (Phi) is 7.06. The summed E-state index contributed by atoms with van der Waals surface area (Å²) in [4.78, 5) is 6.95. The highest BCUT2D eigenvalue weighted by molar-refractivity contribution is 5.77. The van der Waals surface area contributed by atoms with Crippen molar-refractivity contribution < 1.29 is 4.74 Å². The first-order valence-corrected chi connectivity index (χ1v) is 8.92. The van der Waals surface area contributed by atoms with Gasteiger partial charge in [-0.3, -0.25) is 4.90 Å². The Morgan fingerprint density at radius 3 is 2.50 bits per heavy atom. The zero-order valence-electron chi connectivity index (χ0n) is 15.5. The SMILES string of the molecule is CC(C)CNC(N)=NCc1ccccc1CN1CC(C)OC(C)C1. The van der Waals surface area contributed by atoms with Gasteiger partial charge in [-0.1, -0.05) is 38.1 Å². The summed E-state index contributed by atoms with van der Waals surface area (Å²) >= 11 is 0. The van der Waals surface area contributed by atoms with Gasteiger partial charge in [0.2, 0.25) is 0 Å². The van der Waals surface area contributed by atoms with Crippen LogP contribution in [0.1, 0.15) is 38.8 Å². The van der Waals surface area contributed by atoms with Gasteiger partial charge in [0.25, 0.3) is 0 Å². The molecule has 5 heteroatoms. The van der Waals surface area contributed by atoms with Crippen LogP contribution in [0.25, 0.3) is 0 Å². The maximum Gasteiger partial charge on any atom is 0.188 e. The maximum absolute atomic E-state index is 5.95. The second kappa shape index (κ2) is 9.04. The Balaban J connectivity index is 1.98. The minimum atomic E-state index is 0.287. The van der Waals surface area contributed by atoms with E-state index in [9.17, 15) is 0 Å². The molecule has 1 aromatic carbocycles. The van der Waals surface area contributed by atoms with Gasteiger partial charge in [0.05, 0.1) is 18.8 Å². The molecule has 5 nitrogen and oxygen atoms in total. The molecule has 24 heavy (non-hydrogen) atoms. The van der Waals surface area contributed by atoms with Crippen LogP contribution in [0.2, 0.25) is 0 Å². The Morgan fingerprint density at radius 2 is 1.88 bits per heavy atom. The Morgan fingerprint density at radius 1 is 1.25 bits per heavy atom. The summed E-state index contributed by atoms with van der Waals surface area (Å²) in [7, 11) is 0. The summed E-state index contributed by atoms with van der Waals surface area (Å²) in [6.45, 7) is 12.9. The fourth-order valence-corrected chi connectivity index (χ4v) is 3.06. The highest BCUT2D eigenvalue weighted by atomic mass is 16.5. The first kappa shape index (κ1) is 18.7.